The predicted molar refractivity (Wildman–Crippen MR) is 102 cm³/mol. The Morgan fingerprint density at radius 2 is 1.85 bits per heavy atom. The fraction of sp³-hybridized carbons (Fsp3) is 0.167. The summed E-state index contributed by atoms with van der Waals surface area (Å²) in [7, 11) is 0. The van der Waals surface area contributed by atoms with Gasteiger partial charge in [0, 0.05) is 23.7 Å². The number of nitrogens with zero attached hydrogens (tertiary/aromatic N) is 3. The van der Waals surface area contributed by atoms with Crippen LogP contribution in [-0.4, -0.2) is 33.2 Å². The van der Waals surface area contributed by atoms with Crippen molar-refractivity contribution in [1.29, 1.82) is 0 Å². The molecule has 2 heterocycles. The van der Waals surface area contributed by atoms with Gasteiger partial charge in [-0.25, -0.2) is 19.0 Å². The molecule has 0 saturated heterocycles. The number of hydrazine groups is 1. The summed E-state index contributed by atoms with van der Waals surface area (Å²) in [5.74, 6) is -4.04. The van der Waals surface area contributed by atoms with E-state index in [2.05, 4.69) is 15.1 Å². The first-order valence-corrected chi connectivity index (χ1v) is 9.19. The van der Waals surface area contributed by atoms with Crippen molar-refractivity contribution in [2.45, 2.75) is 19.6 Å². The molecule has 0 atom stereocenters. The number of carbonyl (C=O) groups is 2. The van der Waals surface area contributed by atoms with Gasteiger partial charge in [-0.05, 0) is 23.8 Å². The minimum atomic E-state index is -5.20. The van der Waals surface area contributed by atoms with E-state index in [0.717, 1.165) is 23.8 Å². The summed E-state index contributed by atoms with van der Waals surface area (Å²) in [5, 5.41) is 5.68. The zero-order chi connectivity index (χ0) is 24.3. The second-order valence-electron chi connectivity index (χ2n) is 6.36. The first kappa shape index (κ1) is 23.8. The van der Waals surface area contributed by atoms with Crippen LogP contribution in [0.4, 0.5) is 26.7 Å². The Balaban J connectivity index is 1.78. The highest BCUT2D eigenvalue weighted by atomic mass is 35.5. The molecule has 3 amide bonds. The number of hydrogen-bond donors (Lipinski definition) is 3. The molecule has 2 aromatic heterocycles. The minimum absolute atomic E-state index is 0.00944. The van der Waals surface area contributed by atoms with E-state index in [0.29, 0.717) is 0 Å². The quantitative estimate of drug-likeness (QED) is 0.380. The highest BCUT2D eigenvalue weighted by molar-refractivity contribution is 6.31. The standard InChI is InChI=1S/C18H12ClF5N6O3/c1-7-27-15(30-33-7)14-10(3-9(19)4-12(14)21)8-2-11(20)13(25-5-8)6-26-17(32)29-28-16(31)18(22,23)24/h2-5H,6H2,1H3,(H,28,31)(H2,26,29,32). The molecule has 15 heteroatoms. The lowest BCUT2D eigenvalue weighted by Crippen LogP contribution is -2.51. The lowest BCUT2D eigenvalue weighted by atomic mass is 9.99. The Labute approximate surface area is 186 Å². The number of nitrogens with one attached hydrogen (secondary N) is 3. The highest BCUT2D eigenvalue weighted by Crippen LogP contribution is 2.35. The molecule has 0 bridgehead atoms. The number of alkyl halides is 3. The van der Waals surface area contributed by atoms with E-state index < -0.39 is 36.3 Å². The summed E-state index contributed by atoms with van der Waals surface area (Å²) in [6.07, 6.45) is -4.04. The second kappa shape index (κ2) is 9.36. The van der Waals surface area contributed by atoms with E-state index in [1.54, 1.807) is 0 Å². The van der Waals surface area contributed by atoms with Gasteiger partial charge in [0.1, 0.15) is 11.6 Å². The molecule has 1 aromatic carbocycles. The Bertz CT molecular complexity index is 1220. The van der Waals surface area contributed by atoms with E-state index in [4.69, 9.17) is 16.1 Å². The van der Waals surface area contributed by atoms with E-state index >= 15 is 0 Å². The monoisotopic (exact) mass is 490 g/mol. The van der Waals surface area contributed by atoms with Gasteiger partial charge in [-0.1, -0.05) is 16.8 Å². The van der Waals surface area contributed by atoms with Crippen LogP contribution in [0.2, 0.25) is 5.02 Å². The number of amides is 3. The van der Waals surface area contributed by atoms with Crippen LogP contribution in [0.3, 0.4) is 0 Å². The molecule has 0 saturated carbocycles. The fourth-order valence-corrected chi connectivity index (χ4v) is 2.77. The SMILES string of the molecule is Cc1nc(-c2c(F)cc(Cl)cc2-c2cnc(CNC(=O)NNC(=O)C(F)(F)F)c(F)c2)no1. The number of halogens is 6. The van der Waals surface area contributed by atoms with E-state index in [1.165, 1.54) is 18.4 Å². The molecule has 174 valence electrons. The van der Waals surface area contributed by atoms with E-state index in [9.17, 15) is 31.5 Å². The van der Waals surface area contributed by atoms with Gasteiger partial charge in [-0.3, -0.25) is 15.2 Å². The second-order valence-corrected chi connectivity index (χ2v) is 6.80. The van der Waals surface area contributed by atoms with Crippen molar-refractivity contribution >= 4 is 23.5 Å². The Morgan fingerprint density at radius 3 is 2.45 bits per heavy atom. The molecule has 0 fully saturated rings. The average molecular weight is 491 g/mol. The lowest BCUT2D eigenvalue weighted by Gasteiger charge is -2.12. The maximum atomic E-state index is 14.6. The van der Waals surface area contributed by atoms with Crippen LogP contribution in [0, 0.1) is 18.6 Å². The normalized spacial score (nSPS) is 11.2. The average Bonchev–Trinajstić information content (AvgIpc) is 3.15. The fourth-order valence-electron chi connectivity index (χ4n) is 2.57. The Morgan fingerprint density at radius 1 is 1.12 bits per heavy atom. The summed E-state index contributed by atoms with van der Waals surface area (Å²) >= 11 is 5.93. The topological polar surface area (TPSA) is 122 Å². The third-order valence-electron chi connectivity index (χ3n) is 4.00. The van der Waals surface area contributed by atoms with Crippen molar-refractivity contribution < 1.29 is 36.1 Å². The molecule has 0 aliphatic rings. The van der Waals surface area contributed by atoms with Crippen LogP contribution in [0.25, 0.3) is 22.5 Å². The van der Waals surface area contributed by atoms with Gasteiger partial charge in [0.25, 0.3) is 0 Å². The Hall–Kier alpha value is -3.81. The largest absolute Gasteiger partial charge is 0.472 e. The van der Waals surface area contributed by atoms with Crippen molar-refractivity contribution in [1.82, 2.24) is 31.3 Å². The van der Waals surface area contributed by atoms with Crippen LogP contribution in [0.15, 0.2) is 28.9 Å². The summed E-state index contributed by atoms with van der Waals surface area (Å²) in [4.78, 5) is 29.9. The maximum Gasteiger partial charge on any atom is 0.472 e. The highest BCUT2D eigenvalue weighted by Gasteiger charge is 2.39. The molecule has 0 radical (unpaired) electrons. The van der Waals surface area contributed by atoms with Crippen LogP contribution < -0.4 is 16.2 Å². The van der Waals surface area contributed by atoms with Crippen LogP contribution in [0.1, 0.15) is 11.6 Å². The van der Waals surface area contributed by atoms with Crippen LogP contribution in [-0.2, 0) is 11.3 Å². The van der Waals surface area contributed by atoms with Gasteiger partial charge >= 0.3 is 18.1 Å². The number of carbonyl (C=O) groups excluding carboxylic acids is 2. The number of rotatable bonds is 4. The summed E-state index contributed by atoms with van der Waals surface area (Å²) in [5.41, 5.74) is 2.39. The molecule has 0 aliphatic heterocycles. The number of benzene rings is 1. The van der Waals surface area contributed by atoms with Crippen LogP contribution >= 0.6 is 11.6 Å². The molecule has 3 aromatic rings. The van der Waals surface area contributed by atoms with Gasteiger partial charge < -0.3 is 9.84 Å². The van der Waals surface area contributed by atoms with Gasteiger partial charge in [0.15, 0.2) is 0 Å². The first-order valence-electron chi connectivity index (χ1n) is 8.81. The molecule has 0 aliphatic carbocycles. The number of pyridine rings is 1. The summed E-state index contributed by atoms with van der Waals surface area (Å²) in [6, 6.07) is 2.10. The molecule has 0 spiro atoms. The smallest absolute Gasteiger partial charge is 0.339 e. The van der Waals surface area contributed by atoms with Gasteiger partial charge in [-0.2, -0.15) is 18.2 Å². The Kier molecular flexibility index (Phi) is 6.76. The zero-order valence-corrected chi connectivity index (χ0v) is 17.1. The minimum Gasteiger partial charge on any atom is -0.339 e. The van der Waals surface area contributed by atoms with E-state index in [-0.39, 0.29) is 39.1 Å². The van der Waals surface area contributed by atoms with Crippen molar-refractivity contribution in [3.8, 4) is 22.5 Å². The van der Waals surface area contributed by atoms with Gasteiger partial charge in [0.05, 0.1) is 17.8 Å². The molecule has 33 heavy (non-hydrogen) atoms. The van der Waals surface area contributed by atoms with Crippen LogP contribution in [0.5, 0.6) is 0 Å². The van der Waals surface area contributed by atoms with Gasteiger partial charge in [-0.15, -0.1) is 0 Å². The molecular formula is C18H12ClF5N6O3. The van der Waals surface area contributed by atoms with Crippen molar-refractivity contribution in [3.05, 3.63) is 52.6 Å². The van der Waals surface area contributed by atoms with E-state index in [1.807, 2.05) is 5.32 Å². The van der Waals surface area contributed by atoms with Crippen molar-refractivity contribution in [2.75, 3.05) is 0 Å². The maximum absolute atomic E-state index is 14.6. The first-order chi connectivity index (χ1) is 15.5. The van der Waals surface area contributed by atoms with Crippen molar-refractivity contribution in [3.63, 3.8) is 0 Å². The number of urea groups is 1. The lowest BCUT2D eigenvalue weighted by molar-refractivity contribution is -0.174. The summed E-state index contributed by atoms with van der Waals surface area (Å²) < 4.78 is 70.3. The number of aromatic nitrogens is 3. The molecule has 3 rings (SSSR count). The van der Waals surface area contributed by atoms with Crippen molar-refractivity contribution in [2.24, 2.45) is 0 Å². The molecular weight excluding hydrogens is 479 g/mol. The number of aryl methyl sites for hydroxylation is 1. The summed E-state index contributed by atoms with van der Waals surface area (Å²) in [6.45, 7) is 0.957. The third kappa shape index (κ3) is 5.71. The number of hydrogen-bond acceptors (Lipinski definition) is 6. The predicted octanol–water partition coefficient (Wildman–Crippen LogP) is 3.43. The third-order valence-corrected chi connectivity index (χ3v) is 4.22. The zero-order valence-electron chi connectivity index (χ0n) is 16.4. The molecule has 3 N–H and O–H groups in total. The molecule has 0 unspecified atom stereocenters. The van der Waals surface area contributed by atoms with Gasteiger partial charge in [0.2, 0.25) is 11.7 Å². The molecule has 9 nitrogen and oxygen atoms in total.